The molecular formula is C30H30Cl2F3N5O2. The molecule has 2 amide bonds. The maximum Gasteiger partial charge on any atom is 0.451 e. The van der Waals surface area contributed by atoms with E-state index in [2.05, 4.69) is 15.1 Å². The maximum absolute atomic E-state index is 13.2. The van der Waals surface area contributed by atoms with Crippen molar-refractivity contribution in [3.8, 4) is 11.1 Å². The van der Waals surface area contributed by atoms with E-state index >= 15 is 0 Å². The number of fused-ring (bicyclic) bond motifs is 1. The third kappa shape index (κ3) is 5.63. The summed E-state index contributed by atoms with van der Waals surface area (Å²) in [4.78, 5) is 29.8. The zero-order valence-electron chi connectivity index (χ0n) is 22.8. The number of halogens is 5. The molecule has 6 rings (SSSR count). The molecule has 1 aliphatic carbocycles. The second kappa shape index (κ2) is 11.5. The summed E-state index contributed by atoms with van der Waals surface area (Å²) in [6, 6.07) is 10.9. The van der Waals surface area contributed by atoms with Gasteiger partial charge in [0.2, 0.25) is 11.7 Å². The van der Waals surface area contributed by atoms with E-state index in [1.165, 1.54) is 24.2 Å². The van der Waals surface area contributed by atoms with Gasteiger partial charge < -0.3 is 14.4 Å². The average Bonchev–Trinajstić information content (AvgIpc) is 3.58. The second-order valence-electron chi connectivity index (χ2n) is 11.3. The van der Waals surface area contributed by atoms with E-state index in [-0.39, 0.29) is 43.2 Å². The third-order valence-corrected chi connectivity index (χ3v) is 9.39. The van der Waals surface area contributed by atoms with Crippen molar-refractivity contribution < 1.29 is 22.8 Å². The predicted molar refractivity (Wildman–Crippen MR) is 152 cm³/mol. The largest absolute Gasteiger partial charge is 0.451 e. The number of aromatic nitrogens is 3. The minimum atomic E-state index is -4.60. The minimum absolute atomic E-state index is 0.0323. The highest BCUT2D eigenvalue weighted by molar-refractivity contribution is 6.36. The predicted octanol–water partition coefficient (Wildman–Crippen LogP) is 6.65. The summed E-state index contributed by atoms with van der Waals surface area (Å²) in [6.45, 7) is 0.815. The Hall–Kier alpha value is -3.11. The SMILES string of the molecule is O=C(c1ccc(-c2cc(Cl)c(CC3CCN(C4CCCCC4)C3=O)c(Cl)c2)cc1)N1CCn2c(nnc2C(F)(F)F)C1. The molecule has 3 heterocycles. The van der Waals surface area contributed by atoms with Crippen LogP contribution in [0.4, 0.5) is 13.2 Å². The van der Waals surface area contributed by atoms with Crippen LogP contribution < -0.4 is 0 Å². The molecule has 2 fully saturated rings. The number of carbonyl (C=O) groups excluding carboxylic acids is 2. The molecule has 2 aliphatic heterocycles. The van der Waals surface area contributed by atoms with Gasteiger partial charge in [-0.3, -0.25) is 9.59 Å². The maximum atomic E-state index is 13.2. The molecule has 1 saturated carbocycles. The summed E-state index contributed by atoms with van der Waals surface area (Å²) in [6.07, 6.45) is 2.49. The van der Waals surface area contributed by atoms with Crippen LogP contribution in [0.5, 0.6) is 0 Å². The van der Waals surface area contributed by atoms with Gasteiger partial charge in [0.25, 0.3) is 5.91 Å². The van der Waals surface area contributed by atoms with Crippen molar-refractivity contribution in [2.24, 2.45) is 5.92 Å². The van der Waals surface area contributed by atoms with Crippen LogP contribution in [0.15, 0.2) is 36.4 Å². The number of amides is 2. The lowest BCUT2D eigenvalue weighted by Gasteiger charge is -2.31. The summed E-state index contributed by atoms with van der Waals surface area (Å²) in [5.74, 6) is -1.17. The smallest absolute Gasteiger partial charge is 0.339 e. The van der Waals surface area contributed by atoms with E-state index in [1.54, 1.807) is 24.3 Å². The van der Waals surface area contributed by atoms with E-state index < -0.39 is 12.0 Å². The molecule has 1 unspecified atom stereocenters. The fraction of sp³-hybridized carbons (Fsp3) is 0.467. The quantitative estimate of drug-likeness (QED) is 0.320. The molecule has 0 N–H and O–H groups in total. The Kier molecular flexibility index (Phi) is 7.95. The molecular weight excluding hydrogens is 590 g/mol. The first-order valence-electron chi connectivity index (χ1n) is 14.3. The summed E-state index contributed by atoms with van der Waals surface area (Å²) >= 11 is 13.4. The highest BCUT2D eigenvalue weighted by atomic mass is 35.5. The topological polar surface area (TPSA) is 71.3 Å². The van der Waals surface area contributed by atoms with Gasteiger partial charge >= 0.3 is 6.18 Å². The normalized spacial score (nSPS) is 19.8. The Balaban J connectivity index is 1.12. The van der Waals surface area contributed by atoms with Crippen LogP contribution >= 0.6 is 23.2 Å². The fourth-order valence-electron chi connectivity index (χ4n) is 6.45. The van der Waals surface area contributed by atoms with Crippen LogP contribution in [0.25, 0.3) is 11.1 Å². The number of hydrogen-bond donors (Lipinski definition) is 0. The van der Waals surface area contributed by atoms with Crippen molar-refractivity contribution in [3.05, 3.63) is 69.2 Å². The van der Waals surface area contributed by atoms with Gasteiger partial charge in [0.05, 0.1) is 6.54 Å². The molecule has 1 atom stereocenters. The lowest BCUT2D eigenvalue weighted by Crippen LogP contribution is -2.39. The lowest BCUT2D eigenvalue weighted by atomic mass is 9.93. The fourth-order valence-corrected chi connectivity index (χ4v) is 7.09. The van der Waals surface area contributed by atoms with E-state index in [0.29, 0.717) is 28.1 Å². The summed E-state index contributed by atoms with van der Waals surface area (Å²) in [5.41, 5.74) is 2.75. The van der Waals surface area contributed by atoms with Crippen molar-refractivity contribution in [2.75, 3.05) is 13.1 Å². The molecule has 0 spiro atoms. The van der Waals surface area contributed by atoms with Crippen molar-refractivity contribution >= 4 is 35.0 Å². The van der Waals surface area contributed by atoms with Crippen LogP contribution in [0.1, 0.15) is 66.1 Å². The van der Waals surface area contributed by atoms with Gasteiger partial charge in [-0.2, -0.15) is 13.2 Å². The highest BCUT2D eigenvalue weighted by Gasteiger charge is 2.40. The van der Waals surface area contributed by atoms with E-state index in [1.807, 2.05) is 12.1 Å². The Morgan fingerprint density at radius 1 is 0.905 bits per heavy atom. The summed E-state index contributed by atoms with van der Waals surface area (Å²) in [5, 5.41) is 7.90. The molecule has 3 aromatic rings. The standard InChI is InChI=1S/C30H30Cl2F3N5O2/c31-24-15-21(16-25(32)23(24)14-20-10-11-39(28(20)42)22-4-2-1-3-5-22)18-6-8-19(9-7-18)27(41)38-12-13-40-26(17-38)36-37-29(40)30(33,34)35/h6-9,15-16,20,22H,1-5,10-14,17H2. The number of likely N-dealkylation sites (tertiary alicyclic amines) is 1. The first kappa shape index (κ1) is 29.0. The van der Waals surface area contributed by atoms with E-state index in [4.69, 9.17) is 23.2 Å². The minimum Gasteiger partial charge on any atom is -0.339 e. The van der Waals surface area contributed by atoms with Crippen molar-refractivity contribution in [2.45, 2.75) is 70.3 Å². The Bertz CT molecular complexity index is 1480. The summed E-state index contributed by atoms with van der Waals surface area (Å²) < 4.78 is 40.4. The number of alkyl halides is 3. The van der Waals surface area contributed by atoms with Gasteiger partial charge in [-0.1, -0.05) is 54.6 Å². The molecule has 2 aromatic carbocycles. The molecule has 1 saturated heterocycles. The van der Waals surface area contributed by atoms with Crippen LogP contribution in [0.2, 0.25) is 10.0 Å². The second-order valence-corrected chi connectivity index (χ2v) is 12.1. The van der Waals surface area contributed by atoms with Crippen LogP contribution in [0.3, 0.4) is 0 Å². The van der Waals surface area contributed by atoms with Crippen LogP contribution in [-0.2, 0) is 30.5 Å². The van der Waals surface area contributed by atoms with Gasteiger partial charge in [-0.25, -0.2) is 0 Å². The van der Waals surface area contributed by atoms with Crippen molar-refractivity contribution in [1.29, 1.82) is 0 Å². The Labute approximate surface area is 251 Å². The lowest BCUT2D eigenvalue weighted by molar-refractivity contribution is -0.147. The Morgan fingerprint density at radius 3 is 2.26 bits per heavy atom. The van der Waals surface area contributed by atoms with Crippen molar-refractivity contribution in [3.63, 3.8) is 0 Å². The van der Waals surface area contributed by atoms with Gasteiger partial charge in [0, 0.05) is 47.2 Å². The first-order valence-corrected chi connectivity index (χ1v) is 15.0. The summed E-state index contributed by atoms with van der Waals surface area (Å²) in [7, 11) is 0. The van der Waals surface area contributed by atoms with Gasteiger partial charge in [0.15, 0.2) is 5.82 Å². The van der Waals surface area contributed by atoms with Crippen LogP contribution in [0, 0.1) is 5.92 Å². The molecule has 12 heteroatoms. The molecule has 0 bridgehead atoms. The third-order valence-electron chi connectivity index (χ3n) is 8.72. The van der Waals surface area contributed by atoms with Gasteiger partial charge in [-0.15, -0.1) is 10.2 Å². The molecule has 3 aliphatic rings. The molecule has 42 heavy (non-hydrogen) atoms. The molecule has 0 radical (unpaired) electrons. The Morgan fingerprint density at radius 2 is 1.60 bits per heavy atom. The highest BCUT2D eigenvalue weighted by Crippen LogP contribution is 2.37. The van der Waals surface area contributed by atoms with E-state index in [9.17, 15) is 22.8 Å². The number of nitrogens with zero attached hydrogens (tertiary/aromatic N) is 5. The molecule has 1 aromatic heterocycles. The number of rotatable bonds is 5. The average molecular weight is 621 g/mol. The number of benzene rings is 2. The van der Waals surface area contributed by atoms with Gasteiger partial charge in [-0.05, 0) is 66.6 Å². The monoisotopic (exact) mass is 619 g/mol. The van der Waals surface area contributed by atoms with E-state index in [0.717, 1.165) is 47.1 Å². The van der Waals surface area contributed by atoms with Crippen LogP contribution in [-0.4, -0.2) is 55.5 Å². The van der Waals surface area contributed by atoms with Crippen molar-refractivity contribution in [1.82, 2.24) is 24.6 Å². The zero-order chi connectivity index (χ0) is 29.6. The first-order chi connectivity index (χ1) is 20.1. The molecule has 7 nitrogen and oxygen atoms in total. The number of carbonyl (C=O) groups is 2. The van der Waals surface area contributed by atoms with Gasteiger partial charge in [0.1, 0.15) is 0 Å². The zero-order valence-corrected chi connectivity index (χ0v) is 24.4. The molecule has 222 valence electrons. The number of hydrogen-bond acceptors (Lipinski definition) is 4.